The highest BCUT2D eigenvalue weighted by Gasteiger charge is 2.13. The summed E-state index contributed by atoms with van der Waals surface area (Å²) in [6.07, 6.45) is 0. The highest BCUT2D eigenvalue weighted by atomic mass is 32.1. The molecule has 0 aliphatic carbocycles. The minimum absolute atomic E-state index is 0.216. The third-order valence-corrected chi connectivity index (χ3v) is 3.37. The third kappa shape index (κ3) is 1.95. The van der Waals surface area contributed by atoms with E-state index in [9.17, 15) is 0 Å². The Labute approximate surface area is 99.3 Å². The van der Waals surface area contributed by atoms with Gasteiger partial charge in [-0.3, -0.25) is 4.68 Å². The van der Waals surface area contributed by atoms with Crippen LogP contribution < -0.4 is 5.32 Å². The molecule has 5 heteroatoms. The number of hydrogen-bond acceptors (Lipinski definition) is 4. The summed E-state index contributed by atoms with van der Waals surface area (Å²) in [5, 5.41) is 9.91. The van der Waals surface area contributed by atoms with Gasteiger partial charge in [0, 0.05) is 12.4 Å². The molecule has 0 radical (unpaired) electrons. The van der Waals surface area contributed by atoms with Crippen molar-refractivity contribution in [3.63, 3.8) is 0 Å². The topological polar surface area (TPSA) is 42.7 Å². The molecular weight excluding hydrogens is 220 g/mol. The lowest BCUT2D eigenvalue weighted by molar-refractivity contribution is 0.731. The number of aryl methyl sites for hydroxylation is 2. The van der Waals surface area contributed by atoms with Crippen molar-refractivity contribution in [3.05, 3.63) is 28.0 Å². The number of rotatable bonds is 3. The lowest BCUT2D eigenvalue weighted by atomic mass is 10.2. The first-order valence-corrected chi connectivity index (χ1v) is 6.18. The molecule has 0 amide bonds. The minimum Gasteiger partial charge on any atom is -0.374 e. The number of nitrogens with one attached hydrogen (secondary N) is 1. The van der Waals surface area contributed by atoms with Crippen molar-refractivity contribution >= 4 is 17.0 Å². The fraction of sp³-hybridized carbons (Fsp3) is 0.455. The zero-order chi connectivity index (χ0) is 11.7. The molecule has 86 valence electrons. The summed E-state index contributed by atoms with van der Waals surface area (Å²) in [5.74, 6) is 0. The fourth-order valence-corrected chi connectivity index (χ4v) is 2.36. The lowest BCUT2D eigenvalue weighted by Gasteiger charge is -2.13. The molecule has 0 fully saturated rings. The summed E-state index contributed by atoms with van der Waals surface area (Å²) in [6.45, 7) is 6.19. The van der Waals surface area contributed by atoms with E-state index in [2.05, 4.69) is 34.6 Å². The van der Waals surface area contributed by atoms with Crippen molar-refractivity contribution in [2.45, 2.75) is 26.8 Å². The summed E-state index contributed by atoms with van der Waals surface area (Å²) in [7, 11) is 1.96. The van der Waals surface area contributed by atoms with E-state index in [-0.39, 0.29) is 6.04 Å². The van der Waals surface area contributed by atoms with Crippen LogP contribution in [-0.4, -0.2) is 14.8 Å². The van der Waals surface area contributed by atoms with E-state index in [1.165, 1.54) is 0 Å². The molecule has 1 atom stereocenters. The quantitative estimate of drug-likeness (QED) is 0.891. The average molecular weight is 236 g/mol. The van der Waals surface area contributed by atoms with E-state index in [4.69, 9.17) is 0 Å². The number of aromatic nitrogens is 3. The Hall–Kier alpha value is -1.36. The molecule has 0 spiro atoms. The highest BCUT2D eigenvalue weighted by Crippen LogP contribution is 2.24. The minimum atomic E-state index is 0.216. The van der Waals surface area contributed by atoms with Crippen LogP contribution in [0.3, 0.4) is 0 Å². The van der Waals surface area contributed by atoms with Gasteiger partial charge in [-0.05, 0) is 20.8 Å². The van der Waals surface area contributed by atoms with Crippen molar-refractivity contribution in [1.82, 2.24) is 14.8 Å². The molecule has 0 saturated heterocycles. The Morgan fingerprint density at radius 2 is 2.19 bits per heavy atom. The van der Waals surface area contributed by atoms with E-state index in [1.54, 1.807) is 11.3 Å². The van der Waals surface area contributed by atoms with Gasteiger partial charge in [0.2, 0.25) is 0 Å². The van der Waals surface area contributed by atoms with Crippen LogP contribution in [0.4, 0.5) is 5.69 Å². The van der Waals surface area contributed by atoms with Gasteiger partial charge in [0.25, 0.3) is 0 Å². The molecule has 0 aliphatic heterocycles. The zero-order valence-electron chi connectivity index (χ0n) is 9.98. The Kier molecular flexibility index (Phi) is 2.96. The number of nitrogens with zero attached hydrogens (tertiary/aromatic N) is 3. The van der Waals surface area contributed by atoms with Crippen LogP contribution in [0.1, 0.15) is 30.0 Å². The molecule has 4 nitrogen and oxygen atoms in total. The smallest absolute Gasteiger partial charge is 0.0828 e. The van der Waals surface area contributed by atoms with Crippen LogP contribution in [0.15, 0.2) is 10.9 Å². The van der Waals surface area contributed by atoms with Gasteiger partial charge in [0.05, 0.1) is 34.3 Å². The van der Waals surface area contributed by atoms with Gasteiger partial charge in [-0.25, -0.2) is 4.98 Å². The molecule has 1 unspecified atom stereocenters. The molecule has 0 aliphatic rings. The van der Waals surface area contributed by atoms with Gasteiger partial charge in [0.15, 0.2) is 0 Å². The van der Waals surface area contributed by atoms with Crippen LogP contribution >= 0.6 is 11.3 Å². The first-order chi connectivity index (χ1) is 7.59. The van der Waals surface area contributed by atoms with Crippen LogP contribution in [0, 0.1) is 13.8 Å². The van der Waals surface area contributed by atoms with E-state index in [0.29, 0.717) is 0 Å². The molecule has 2 aromatic heterocycles. The van der Waals surface area contributed by atoms with Gasteiger partial charge < -0.3 is 5.32 Å². The van der Waals surface area contributed by atoms with Crippen molar-refractivity contribution in [2.75, 3.05) is 5.32 Å². The van der Waals surface area contributed by atoms with E-state index >= 15 is 0 Å². The molecule has 2 rings (SSSR count). The monoisotopic (exact) mass is 236 g/mol. The molecule has 0 saturated carbocycles. The fourth-order valence-electron chi connectivity index (χ4n) is 1.71. The summed E-state index contributed by atoms with van der Waals surface area (Å²) >= 11 is 1.62. The number of thiazole rings is 1. The Morgan fingerprint density at radius 3 is 2.69 bits per heavy atom. The summed E-state index contributed by atoms with van der Waals surface area (Å²) < 4.78 is 1.89. The maximum absolute atomic E-state index is 4.38. The summed E-state index contributed by atoms with van der Waals surface area (Å²) in [6, 6.07) is 0.216. The van der Waals surface area contributed by atoms with Gasteiger partial charge in [0.1, 0.15) is 0 Å². The molecule has 0 aromatic carbocycles. The predicted octanol–water partition coefficient (Wildman–Crippen LogP) is 2.67. The van der Waals surface area contributed by atoms with Crippen LogP contribution in [-0.2, 0) is 7.05 Å². The third-order valence-electron chi connectivity index (χ3n) is 2.76. The van der Waals surface area contributed by atoms with Crippen molar-refractivity contribution in [1.29, 1.82) is 0 Å². The largest absolute Gasteiger partial charge is 0.374 e. The van der Waals surface area contributed by atoms with Gasteiger partial charge >= 0.3 is 0 Å². The highest BCUT2D eigenvalue weighted by molar-refractivity contribution is 7.07. The normalized spacial score (nSPS) is 12.8. The number of hydrogen-bond donors (Lipinski definition) is 1. The molecule has 1 N–H and O–H groups in total. The summed E-state index contributed by atoms with van der Waals surface area (Å²) in [5.41, 5.74) is 6.23. The predicted molar refractivity (Wildman–Crippen MR) is 66.8 cm³/mol. The molecule has 0 bridgehead atoms. The molecule has 16 heavy (non-hydrogen) atoms. The van der Waals surface area contributed by atoms with Crippen molar-refractivity contribution in [3.8, 4) is 0 Å². The second kappa shape index (κ2) is 4.25. The van der Waals surface area contributed by atoms with Gasteiger partial charge in [-0.1, -0.05) is 0 Å². The van der Waals surface area contributed by atoms with Crippen LogP contribution in [0.5, 0.6) is 0 Å². The van der Waals surface area contributed by atoms with E-state index in [1.807, 2.05) is 24.2 Å². The van der Waals surface area contributed by atoms with Crippen LogP contribution in [0.25, 0.3) is 0 Å². The van der Waals surface area contributed by atoms with Gasteiger partial charge in [-0.15, -0.1) is 11.3 Å². The Bertz CT molecular complexity index is 472. The SMILES string of the molecule is Cc1nn(C)c(C)c1NC(C)c1cscn1. The second-order valence-corrected chi connectivity index (χ2v) is 4.67. The van der Waals surface area contributed by atoms with E-state index in [0.717, 1.165) is 22.8 Å². The average Bonchev–Trinajstić information content (AvgIpc) is 2.83. The van der Waals surface area contributed by atoms with Crippen LogP contribution in [0.2, 0.25) is 0 Å². The lowest BCUT2D eigenvalue weighted by Crippen LogP contribution is -2.08. The van der Waals surface area contributed by atoms with Crippen molar-refractivity contribution in [2.24, 2.45) is 7.05 Å². The summed E-state index contributed by atoms with van der Waals surface area (Å²) in [4.78, 5) is 4.31. The first-order valence-electron chi connectivity index (χ1n) is 5.24. The maximum Gasteiger partial charge on any atom is 0.0828 e. The Morgan fingerprint density at radius 1 is 1.44 bits per heavy atom. The van der Waals surface area contributed by atoms with Crippen molar-refractivity contribution < 1.29 is 0 Å². The standard InChI is InChI=1S/C11H16N4S/c1-7(10-5-16-6-12-10)13-11-8(2)14-15(4)9(11)3/h5-7,13H,1-4H3. The molecule has 2 aromatic rings. The zero-order valence-corrected chi connectivity index (χ0v) is 10.8. The Balaban J connectivity index is 2.21. The number of anilines is 1. The molecular formula is C11H16N4S. The van der Waals surface area contributed by atoms with Gasteiger partial charge in [-0.2, -0.15) is 5.10 Å². The van der Waals surface area contributed by atoms with E-state index < -0.39 is 0 Å². The maximum atomic E-state index is 4.38. The molecule has 2 heterocycles. The first kappa shape index (κ1) is 11.1. The second-order valence-electron chi connectivity index (χ2n) is 3.95.